The SMILES string of the molecule is O=CC=Cc1cn(CC(=O)O)c2ccccc12. The van der Waals surface area contributed by atoms with Crippen molar-refractivity contribution in [2.24, 2.45) is 0 Å². The molecular weight excluding hydrogens is 218 g/mol. The molecule has 0 aliphatic carbocycles. The van der Waals surface area contributed by atoms with Gasteiger partial charge in [-0.15, -0.1) is 0 Å². The molecule has 2 rings (SSSR count). The van der Waals surface area contributed by atoms with Crippen LogP contribution >= 0.6 is 0 Å². The van der Waals surface area contributed by atoms with Crippen LogP contribution in [-0.4, -0.2) is 21.9 Å². The number of benzene rings is 1. The maximum absolute atomic E-state index is 10.7. The first-order valence-electron chi connectivity index (χ1n) is 5.14. The van der Waals surface area contributed by atoms with Gasteiger partial charge in [-0.2, -0.15) is 0 Å². The molecule has 1 aromatic carbocycles. The first-order chi connectivity index (χ1) is 8.22. The van der Waals surface area contributed by atoms with E-state index in [0.717, 1.165) is 16.5 Å². The Labute approximate surface area is 97.8 Å². The minimum Gasteiger partial charge on any atom is -0.480 e. The molecule has 0 bridgehead atoms. The third kappa shape index (κ3) is 2.25. The first kappa shape index (κ1) is 11.1. The van der Waals surface area contributed by atoms with E-state index in [4.69, 9.17) is 5.11 Å². The Bertz CT molecular complexity index is 596. The molecular formula is C13H11NO3. The van der Waals surface area contributed by atoms with Gasteiger partial charge in [0.1, 0.15) is 12.8 Å². The lowest BCUT2D eigenvalue weighted by atomic mass is 10.2. The van der Waals surface area contributed by atoms with E-state index in [2.05, 4.69) is 0 Å². The summed E-state index contributed by atoms with van der Waals surface area (Å²) in [4.78, 5) is 21.1. The Morgan fingerprint density at radius 2 is 2.12 bits per heavy atom. The van der Waals surface area contributed by atoms with Crippen LogP contribution in [-0.2, 0) is 16.1 Å². The third-order valence-electron chi connectivity index (χ3n) is 2.48. The third-order valence-corrected chi connectivity index (χ3v) is 2.48. The highest BCUT2D eigenvalue weighted by atomic mass is 16.4. The number of carbonyl (C=O) groups excluding carboxylic acids is 1. The van der Waals surface area contributed by atoms with E-state index in [1.165, 1.54) is 6.08 Å². The van der Waals surface area contributed by atoms with E-state index >= 15 is 0 Å². The summed E-state index contributed by atoms with van der Waals surface area (Å²) in [6.45, 7) is -0.0879. The van der Waals surface area contributed by atoms with Crippen LogP contribution < -0.4 is 0 Å². The second kappa shape index (κ2) is 4.65. The Balaban J connectivity index is 2.57. The second-order valence-corrected chi connectivity index (χ2v) is 3.62. The minimum atomic E-state index is -0.892. The number of nitrogens with zero attached hydrogens (tertiary/aromatic N) is 1. The van der Waals surface area contributed by atoms with Crippen molar-refractivity contribution in [3.63, 3.8) is 0 Å². The standard InChI is InChI=1S/C13H11NO3/c15-7-3-4-10-8-14(9-13(16)17)12-6-2-1-5-11(10)12/h1-8H,9H2,(H,16,17). The summed E-state index contributed by atoms with van der Waals surface area (Å²) in [5.41, 5.74) is 1.69. The summed E-state index contributed by atoms with van der Waals surface area (Å²) in [7, 11) is 0. The number of para-hydroxylation sites is 1. The summed E-state index contributed by atoms with van der Waals surface area (Å²) in [5.74, 6) is -0.892. The number of aromatic nitrogens is 1. The molecule has 0 unspecified atom stereocenters. The zero-order valence-electron chi connectivity index (χ0n) is 9.04. The van der Waals surface area contributed by atoms with Crippen molar-refractivity contribution >= 4 is 29.2 Å². The summed E-state index contributed by atoms with van der Waals surface area (Å²) >= 11 is 0. The Morgan fingerprint density at radius 1 is 1.35 bits per heavy atom. The Kier molecular flexibility index (Phi) is 3.05. The lowest BCUT2D eigenvalue weighted by Crippen LogP contribution is -2.07. The number of carbonyl (C=O) groups is 2. The summed E-state index contributed by atoms with van der Waals surface area (Å²) < 4.78 is 1.65. The number of rotatable bonds is 4. The van der Waals surface area contributed by atoms with Crippen molar-refractivity contribution in [1.29, 1.82) is 0 Å². The van der Waals surface area contributed by atoms with E-state index in [0.29, 0.717) is 6.29 Å². The van der Waals surface area contributed by atoms with Gasteiger partial charge in [-0.1, -0.05) is 18.2 Å². The molecule has 0 fully saturated rings. The highest BCUT2D eigenvalue weighted by molar-refractivity contribution is 5.92. The van der Waals surface area contributed by atoms with Gasteiger partial charge in [-0.3, -0.25) is 9.59 Å². The molecule has 0 aliphatic heterocycles. The Hall–Kier alpha value is -2.36. The highest BCUT2D eigenvalue weighted by Crippen LogP contribution is 2.22. The van der Waals surface area contributed by atoms with Crippen LogP contribution in [0.4, 0.5) is 0 Å². The fourth-order valence-electron chi connectivity index (χ4n) is 1.83. The van der Waals surface area contributed by atoms with Crippen LogP contribution in [0.15, 0.2) is 36.5 Å². The van der Waals surface area contributed by atoms with Gasteiger partial charge in [0.05, 0.1) is 0 Å². The summed E-state index contributed by atoms with van der Waals surface area (Å²) in [6, 6.07) is 7.49. The molecule has 2 aromatic rings. The minimum absolute atomic E-state index is 0.0879. The van der Waals surface area contributed by atoms with Crippen molar-refractivity contribution in [2.45, 2.75) is 6.54 Å². The number of hydrogen-bond acceptors (Lipinski definition) is 2. The number of aldehydes is 1. The number of allylic oxidation sites excluding steroid dienone is 1. The van der Waals surface area contributed by atoms with Crippen LogP contribution in [0.1, 0.15) is 5.56 Å². The van der Waals surface area contributed by atoms with Gasteiger partial charge in [-0.05, 0) is 18.2 Å². The second-order valence-electron chi connectivity index (χ2n) is 3.62. The molecule has 0 saturated heterocycles. The van der Waals surface area contributed by atoms with E-state index < -0.39 is 5.97 Å². The first-order valence-corrected chi connectivity index (χ1v) is 5.14. The predicted molar refractivity (Wildman–Crippen MR) is 64.7 cm³/mol. The van der Waals surface area contributed by atoms with Crippen molar-refractivity contribution < 1.29 is 14.7 Å². The molecule has 0 spiro atoms. The predicted octanol–water partition coefficient (Wildman–Crippen LogP) is 1.94. The van der Waals surface area contributed by atoms with Crippen molar-refractivity contribution in [2.75, 3.05) is 0 Å². The van der Waals surface area contributed by atoms with Crippen LogP contribution in [0.3, 0.4) is 0 Å². The van der Waals surface area contributed by atoms with Gasteiger partial charge in [0.2, 0.25) is 0 Å². The van der Waals surface area contributed by atoms with E-state index in [1.54, 1.807) is 16.8 Å². The number of hydrogen-bond donors (Lipinski definition) is 1. The van der Waals surface area contributed by atoms with Gasteiger partial charge in [0.25, 0.3) is 0 Å². The van der Waals surface area contributed by atoms with Gasteiger partial charge in [0.15, 0.2) is 0 Å². The van der Waals surface area contributed by atoms with E-state index in [1.807, 2.05) is 24.3 Å². The lowest BCUT2D eigenvalue weighted by Gasteiger charge is -1.99. The maximum atomic E-state index is 10.7. The largest absolute Gasteiger partial charge is 0.480 e. The van der Waals surface area contributed by atoms with Crippen molar-refractivity contribution in [3.8, 4) is 0 Å². The Morgan fingerprint density at radius 3 is 2.82 bits per heavy atom. The highest BCUT2D eigenvalue weighted by Gasteiger charge is 2.07. The molecule has 0 atom stereocenters. The topological polar surface area (TPSA) is 59.3 Å². The summed E-state index contributed by atoms with van der Waals surface area (Å²) in [6.07, 6.45) is 5.50. The van der Waals surface area contributed by atoms with Crippen LogP contribution in [0.2, 0.25) is 0 Å². The molecule has 0 amide bonds. The number of aliphatic carboxylic acids is 1. The monoisotopic (exact) mass is 229 g/mol. The van der Waals surface area contributed by atoms with Crippen LogP contribution in [0, 0.1) is 0 Å². The fourth-order valence-corrected chi connectivity index (χ4v) is 1.83. The lowest BCUT2D eigenvalue weighted by molar-refractivity contribution is -0.137. The molecule has 1 N–H and O–H groups in total. The smallest absolute Gasteiger partial charge is 0.323 e. The van der Waals surface area contributed by atoms with Crippen molar-refractivity contribution in [1.82, 2.24) is 4.57 Å². The summed E-state index contributed by atoms with van der Waals surface area (Å²) in [5, 5.41) is 9.75. The van der Waals surface area contributed by atoms with Gasteiger partial charge in [-0.25, -0.2) is 0 Å². The van der Waals surface area contributed by atoms with Gasteiger partial charge < -0.3 is 9.67 Å². The number of fused-ring (bicyclic) bond motifs is 1. The molecule has 0 radical (unpaired) electrons. The zero-order valence-corrected chi connectivity index (χ0v) is 9.04. The molecule has 4 heteroatoms. The zero-order chi connectivity index (χ0) is 12.3. The number of carboxylic acid groups (broad SMARTS) is 1. The van der Waals surface area contributed by atoms with Crippen molar-refractivity contribution in [3.05, 3.63) is 42.1 Å². The quantitative estimate of drug-likeness (QED) is 0.643. The number of carboxylic acids is 1. The molecule has 17 heavy (non-hydrogen) atoms. The normalized spacial score (nSPS) is 11.1. The van der Waals surface area contributed by atoms with E-state index in [9.17, 15) is 9.59 Å². The molecule has 86 valence electrons. The van der Waals surface area contributed by atoms with Crippen LogP contribution in [0.25, 0.3) is 17.0 Å². The fraction of sp³-hybridized carbons (Fsp3) is 0.0769. The van der Waals surface area contributed by atoms with Gasteiger partial charge in [0, 0.05) is 22.7 Å². The average Bonchev–Trinajstić information content (AvgIpc) is 2.65. The molecule has 0 saturated carbocycles. The molecule has 1 heterocycles. The molecule has 1 aromatic heterocycles. The molecule has 4 nitrogen and oxygen atoms in total. The molecule has 0 aliphatic rings. The average molecular weight is 229 g/mol. The van der Waals surface area contributed by atoms with Crippen LogP contribution in [0.5, 0.6) is 0 Å². The van der Waals surface area contributed by atoms with E-state index in [-0.39, 0.29) is 6.54 Å². The maximum Gasteiger partial charge on any atom is 0.323 e. The van der Waals surface area contributed by atoms with Gasteiger partial charge >= 0.3 is 5.97 Å².